The molecule has 24 heavy (non-hydrogen) atoms. The van der Waals surface area contributed by atoms with Crippen molar-refractivity contribution < 1.29 is 4.79 Å². The van der Waals surface area contributed by atoms with E-state index in [0.717, 1.165) is 42.0 Å². The van der Waals surface area contributed by atoms with E-state index < -0.39 is 0 Å². The molecule has 0 bridgehead atoms. The van der Waals surface area contributed by atoms with Gasteiger partial charge in [-0.05, 0) is 43.6 Å². The van der Waals surface area contributed by atoms with Crippen LogP contribution in [-0.2, 0) is 6.42 Å². The first-order chi connectivity index (χ1) is 11.7. The van der Waals surface area contributed by atoms with E-state index in [2.05, 4.69) is 53.6 Å². The third kappa shape index (κ3) is 4.09. The summed E-state index contributed by atoms with van der Waals surface area (Å²) in [5.74, 6) is 0.430. The first kappa shape index (κ1) is 16.8. The summed E-state index contributed by atoms with van der Waals surface area (Å²) in [6.07, 6.45) is 5.39. The van der Waals surface area contributed by atoms with Gasteiger partial charge in [-0.15, -0.1) is 11.3 Å². The van der Waals surface area contributed by atoms with Crippen molar-refractivity contribution in [2.24, 2.45) is 11.0 Å². The molecule has 0 spiro atoms. The molecule has 5 heteroatoms. The molecular formula is C19H23N3OS. The molecule has 1 amide bonds. The van der Waals surface area contributed by atoms with Gasteiger partial charge in [-0.25, -0.2) is 10.4 Å². The van der Waals surface area contributed by atoms with Crippen LogP contribution in [0.25, 0.3) is 10.6 Å². The Morgan fingerprint density at radius 2 is 2.17 bits per heavy atom. The number of hydrogen-bond donors (Lipinski definition) is 1. The molecule has 4 nitrogen and oxygen atoms in total. The number of amides is 1. The highest BCUT2D eigenvalue weighted by molar-refractivity contribution is 7.13. The predicted octanol–water partition coefficient (Wildman–Crippen LogP) is 4.67. The number of carbonyl (C=O) groups is 1. The van der Waals surface area contributed by atoms with Gasteiger partial charge < -0.3 is 0 Å². The maximum absolute atomic E-state index is 12.2. The lowest BCUT2D eigenvalue weighted by atomic mass is 9.89. The Hall–Kier alpha value is -2.01. The van der Waals surface area contributed by atoms with Crippen molar-refractivity contribution in [1.82, 2.24) is 10.4 Å². The average Bonchev–Trinajstić information content (AvgIpc) is 3.10. The van der Waals surface area contributed by atoms with Crippen molar-refractivity contribution >= 4 is 23.0 Å². The molecule has 3 rings (SSSR count). The van der Waals surface area contributed by atoms with Crippen molar-refractivity contribution in [1.29, 1.82) is 0 Å². The SMILES string of the molecule is CCc1ccc(-c2nc(C(=O)N/N=C3/CCC[C@H](C)C3)cs2)cc1. The van der Waals surface area contributed by atoms with Crippen LogP contribution in [0.5, 0.6) is 0 Å². The Bertz CT molecular complexity index is 733. The van der Waals surface area contributed by atoms with Gasteiger partial charge in [-0.3, -0.25) is 4.79 Å². The van der Waals surface area contributed by atoms with E-state index in [0.29, 0.717) is 11.6 Å². The Morgan fingerprint density at radius 1 is 1.38 bits per heavy atom. The number of hydrogen-bond acceptors (Lipinski definition) is 4. The predicted molar refractivity (Wildman–Crippen MR) is 99.5 cm³/mol. The van der Waals surface area contributed by atoms with E-state index in [-0.39, 0.29) is 5.91 Å². The van der Waals surface area contributed by atoms with E-state index in [9.17, 15) is 4.79 Å². The van der Waals surface area contributed by atoms with E-state index in [1.807, 2.05) is 0 Å². The van der Waals surface area contributed by atoms with Gasteiger partial charge in [0.2, 0.25) is 0 Å². The highest BCUT2D eigenvalue weighted by atomic mass is 32.1. The van der Waals surface area contributed by atoms with E-state index >= 15 is 0 Å². The summed E-state index contributed by atoms with van der Waals surface area (Å²) in [6, 6.07) is 8.32. The number of aryl methyl sites for hydroxylation is 1. The van der Waals surface area contributed by atoms with Gasteiger partial charge in [0.15, 0.2) is 0 Å². The molecule has 1 atom stereocenters. The lowest BCUT2D eigenvalue weighted by Gasteiger charge is -2.18. The molecule has 1 heterocycles. The van der Waals surface area contributed by atoms with Gasteiger partial charge in [0.1, 0.15) is 10.7 Å². The summed E-state index contributed by atoms with van der Waals surface area (Å²) in [4.78, 5) is 16.7. The molecule has 0 unspecified atom stereocenters. The van der Waals surface area contributed by atoms with Crippen LogP contribution < -0.4 is 5.43 Å². The third-order valence-corrected chi connectivity index (χ3v) is 5.30. The minimum absolute atomic E-state index is 0.228. The fraction of sp³-hybridized carbons (Fsp3) is 0.421. The van der Waals surface area contributed by atoms with Crippen LogP contribution in [-0.4, -0.2) is 16.6 Å². The zero-order valence-corrected chi connectivity index (χ0v) is 15.0. The largest absolute Gasteiger partial charge is 0.290 e. The Morgan fingerprint density at radius 3 is 2.88 bits per heavy atom. The van der Waals surface area contributed by atoms with Crippen molar-refractivity contribution in [2.45, 2.75) is 46.0 Å². The molecule has 1 aliphatic carbocycles. The van der Waals surface area contributed by atoms with E-state index in [1.54, 1.807) is 5.38 Å². The highest BCUT2D eigenvalue weighted by Gasteiger charge is 2.15. The van der Waals surface area contributed by atoms with E-state index in [4.69, 9.17) is 0 Å². The molecule has 2 aromatic rings. The number of thiazole rings is 1. The fourth-order valence-corrected chi connectivity index (χ4v) is 3.75. The zero-order chi connectivity index (χ0) is 16.9. The van der Waals surface area contributed by atoms with Gasteiger partial charge in [-0.1, -0.05) is 38.1 Å². The first-order valence-corrected chi connectivity index (χ1v) is 9.44. The van der Waals surface area contributed by atoms with Crippen LogP contribution in [0.15, 0.2) is 34.7 Å². The molecule has 0 saturated heterocycles. The van der Waals surface area contributed by atoms with Gasteiger partial charge in [-0.2, -0.15) is 5.10 Å². The maximum atomic E-state index is 12.2. The number of rotatable bonds is 4. The van der Waals surface area contributed by atoms with Crippen molar-refractivity contribution in [3.63, 3.8) is 0 Å². The molecule has 1 N–H and O–H groups in total. The molecular weight excluding hydrogens is 318 g/mol. The van der Waals surface area contributed by atoms with Crippen LogP contribution in [0.1, 0.15) is 55.6 Å². The van der Waals surface area contributed by atoms with Crippen molar-refractivity contribution in [3.05, 3.63) is 40.9 Å². The molecule has 1 fully saturated rings. The van der Waals surface area contributed by atoms with Crippen molar-refractivity contribution in [2.75, 3.05) is 0 Å². The molecule has 1 aromatic carbocycles. The number of aromatic nitrogens is 1. The second-order valence-electron chi connectivity index (χ2n) is 6.41. The van der Waals surface area contributed by atoms with Gasteiger partial charge in [0, 0.05) is 16.7 Å². The molecule has 1 aromatic heterocycles. The first-order valence-electron chi connectivity index (χ1n) is 8.56. The lowest BCUT2D eigenvalue weighted by molar-refractivity contribution is 0.0950. The van der Waals surface area contributed by atoms with Crippen LogP contribution in [0.3, 0.4) is 0 Å². The van der Waals surface area contributed by atoms with E-state index in [1.165, 1.54) is 23.3 Å². The zero-order valence-electron chi connectivity index (χ0n) is 14.2. The minimum Gasteiger partial charge on any atom is -0.266 e. The number of nitrogens with one attached hydrogen (secondary N) is 1. The second kappa shape index (κ2) is 7.71. The molecule has 1 aliphatic rings. The van der Waals surface area contributed by atoms with Crippen LogP contribution in [0.4, 0.5) is 0 Å². The molecule has 0 radical (unpaired) electrons. The maximum Gasteiger partial charge on any atom is 0.290 e. The fourth-order valence-electron chi connectivity index (χ4n) is 2.94. The van der Waals surface area contributed by atoms with Gasteiger partial charge in [0.25, 0.3) is 5.91 Å². The minimum atomic E-state index is -0.228. The number of benzene rings is 1. The van der Waals surface area contributed by atoms with Gasteiger partial charge >= 0.3 is 0 Å². The second-order valence-corrected chi connectivity index (χ2v) is 7.27. The summed E-state index contributed by atoms with van der Waals surface area (Å²) in [6.45, 7) is 4.36. The third-order valence-electron chi connectivity index (χ3n) is 4.41. The summed E-state index contributed by atoms with van der Waals surface area (Å²) in [7, 11) is 0. The Labute approximate surface area is 147 Å². The quantitative estimate of drug-likeness (QED) is 0.822. The Balaban J connectivity index is 1.66. The van der Waals surface area contributed by atoms with Crippen LogP contribution >= 0.6 is 11.3 Å². The summed E-state index contributed by atoms with van der Waals surface area (Å²) >= 11 is 1.49. The van der Waals surface area contributed by atoms with Crippen molar-refractivity contribution in [3.8, 4) is 10.6 Å². The smallest absolute Gasteiger partial charge is 0.266 e. The highest BCUT2D eigenvalue weighted by Crippen LogP contribution is 2.24. The summed E-state index contributed by atoms with van der Waals surface area (Å²) < 4.78 is 0. The molecule has 0 aliphatic heterocycles. The number of nitrogens with zero attached hydrogens (tertiary/aromatic N) is 2. The Kier molecular flexibility index (Phi) is 5.41. The topological polar surface area (TPSA) is 54.4 Å². The summed E-state index contributed by atoms with van der Waals surface area (Å²) in [5.41, 5.74) is 6.53. The molecule has 1 saturated carbocycles. The van der Waals surface area contributed by atoms with Crippen LogP contribution in [0, 0.1) is 5.92 Å². The monoisotopic (exact) mass is 341 g/mol. The standard InChI is InChI=1S/C19H23N3OS/c1-3-14-7-9-15(10-8-14)19-20-17(12-24-19)18(23)22-21-16-6-4-5-13(2)11-16/h7-10,12-13H,3-6,11H2,1-2H3,(H,22,23)/b21-16-/t13-/m0/s1. The van der Waals surface area contributed by atoms with Crippen LogP contribution in [0.2, 0.25) is 0 Å². The number of hydrazone groups is 1. The lowest BCUT2D eigenvalue weighted by Crippen LogP contribution is -2.22. The van der Waals surface area contributed by atoms with Gasteiger partial charge in [0.05, 0.1) is 0 Å². The number of carbonyl (C=O) groups excluding carboxylic acids is 1. The average molecular weight is 341 g/mol. The molecule has 126 valence electrons. The summed E-state index contributed by atoms with van der Waals surface area (Å²) in [5, 5.41) is 6.95. The normalized spacial score (nSPS) is 19.4.